The van der Waals surface area contributed by atoms with E-state index in [0.29, 0.717) is 0 Å². The van der Waals surface area contributed by atoms with E-state index >= 15 is 0 Å². The van der Waals surface area contributed by atoms with Crippen molar-refractivity contribution in [2.75, 3.05) is 0 Å². The van der Waals surface area contributed by atoms with Gasteiger partial charge in [-0.1, -0.05) is 32.8 Å². The highest BCUT2D eigenvalue weighted by atomic mass is 14.6. The third kappa shape index (κ3) is 5.67. The summed E-state index contributed by atoms with van der Waals surface area (Å²) in [6, 6.07) is 0. The van der Waals surface area contributed by atoms with Crippen LogP contribution in [0, 0.1) is 0 Å². The van der Waals surface area contributed by atoms with Crippen molar-refractivity contribution in [3.8, 4) is 0 Å². The van der Waals surface area contributed by atoms with Gasteiger partial charge >= 0.3 is 0 Å². The Morgan fingerprint density at radius 2 is 2.00 bits per heavy atom. The summed E-state index contributed by atoms with van der Waals surface area (Å²) in [4.78, 5) is 0. The first-order valence-corrected chi connectivity index (χ1v) is 4.25. The molecule has 0 heterocycles. The molecule has 10 heavy (non-hydrogen) atoms. The summed E-state index contributed by atoms with van der Waals surface area (Å²) in [6.07, 6.45) is 8.21. The summed E-state index contributed by atoms with van der Waals surface area (Å²) in [5.74, 6) is 0. The number of rotatable bonds is 5. The first kappa shape index (κ1) is 9.54. The number of nitrogens with two attached hydrogens (primary N) is 1. The lowest BCUT2D eigenvalue weighted by molar-refractivity contribution is 0.725. The molecule has 0 spiro atoms. The normalized spacial score (nSPS) is 12.0. The number of hydrogen-bond donors (Lipinski definition) is 1. The van der Waals surface area contributed by atoms with Crippen molar-refractivity contribution in [3.63, 3.8) is 0 Å². The Balaban J connectivity index is 3.16. The molecule has 1 nitrogen and oxygen atoms in total. The molecule has 0 aliphatic heterocycles. The standard InChI is InChI=1S/C9H19N/c1-3-5-6-7-8-9(10)4-2/h8H,3-7,10H2,1-2H3. The molecule has 0 aliphatic rings. The SMILES string of the molecule is CCCCCC=C(N)CC. The zero-order valence-electron chi connectivity index (χ0n) is 7.19. The molecule has 0 aromatic heterocycles. The quantitative estimate of drug-likeness (QED) is 0.585. The molecule has 60 valence electrons. The zero-order valence-corrected chi connectivity index (χ0v) is 7.19. The lowest BCUT2D eigenvalue weighted by Crippen LogP contribution is -1.93. The molecule has 0 radical (unpaired) electrons. The van der Waals surface area contributed by atoms with Gasteiger partial charge in [0, 0.05) is 5.70 Å². The third-order valence-electron chi connectivity index (χ3n) is 1.62. The second kappa shape index (κ2) is 6.66. The molecule has 0 saturated heterocycles. The van der Waals surface area contributed by atoms with Gasteiger partial charge in [-0.25, -0.2) is 0 Å². The summed E-state index contributed by atoms with van der Waals surface area (Å²) >= 11 is 0. The monoisotopic (exact) mass is 141 g/mol. The molecule has 0 fully saturated rings. The predicted octanol–water partition coefficient (Wildman–Crippen LogP) is 2.82. The minimum atomic E-state index is 0.992. The van der Waals surface area contributed by atoms with Crippen molar-refractivity contribution in [2.24, 2.45) is 5.73 Å². The Labute approximate surface area is 64.3 Å². The Morgan fingerprint density at radius 1 is 1.30 bits per heavy atom. The highest BCUT2D eigenvalue weighted by Gasteiger charge is 1.84. The molecule has 0 bridgehead atoms. The number of hydrogen-bond acceptors (Lipinski definition) is 1. The number of allylic oxidation sites excluding steroid dienone is 2. The van der Waals surface area contributed by atoms with Gasteiger partial charge in [0.1, 0.15) is 0 Å². The molecule has 0 saturated carbocycles. The predicted molar refractivity (Wildman–Crippen MR) is 46.7 cm³/mol. The molecular formula is C9H19N. The summed E-state index contributed by atoms with van der Waals surface area (Å²) in [7, 11) is 0. The lowest BCUT2D eigenvalue weighted by Gasteiger charge is -1.95. The van der Waals surface area contributed by atoms with E-state index in [1.54, 1.807) is 0 Å². The third-order valence-corrected chi connectivity index (χ3v) is 1.62. The second-order valence-electron chi connectivity index (χ2n) is 2.63. The zero-order chi connectivity index (χ0) is 7.82. The first-order chi connectivity index (χ1) is 4.81. The molecule has 0 atom stereocenters. The summed E-state index contributed by atoms with van der Waals surface area (Å²) in [6.45, 7) is 4.30. The van der Waals surface area contributed by atoms with Gasteiger partial charge in [-0.2, -0.15) is 0 Å². The van der Waals surface area contributed by atoms with Crippen LogP contribution in [0.15, 0.2) is 11.8 Å². The van der Waals surface area contributed by atoms with Crippen molar-refractivity contribution in [1.29, 1.82) is 0 Å². The molecule has 0 amide bonds. The van der Waals surface area contributed by atoms with Crippen LogP contribution in [0.5, 0.6) is 0 Å². The maximum Gasteiger partial charge on any atom is 0.00371 e. The topological polar surface area (TPSA) is 26.0 Å². The van der Waals surface area contributed by atoms with E-state index in [9.17, 15) is 0 Å². The average Bonchev–Trinajstić information content (AvgIpc) is 1.98. The van der Waals surface area contributed by atoms with E-state index in [0.717, 1.165) is 18.5 Å². The minimum Gasteiger partial charge on any atom is -0.402 e. The molecular weight excluding hydrogens is 122 g/mol. The largest absolute Gasteiger partial charge is 0.402 e. The van der Waals surface area contributed by atoms with Crippen molar-refractivity contribution in [3.05, 3.63) is 11.8 Å². The van der Waals surface area contributed by atoms with E-state index in [1.807, 2.05) is 0 Å². The average molecular weight is 141 g/mol. The van der Waals surface area contributed by atoms with E-state index < -0.39 is 0 Å². The van der Waals surface area contributed by atoms with Gasteiger partial charge in [0.15, 0.2) is 0 Å². The molecule has 0 aromatic rings. The smallest absolute Gasteiger partial charge is 0.00371 e. The van der Waals surface area contributed by atoms with E-state index in [2.05, 4.69) is 19.9 Å². The molecule has 0 aromatic carbocycles. The molecule has 0 unspecified atom stereocenters. The fourth-order valence-electron chi connectivity index (χ4n) is 0.826. The fourth-order valence-corrected chi connectivity index (χ4v) is 0.826. The first-order valence-electron chi connectivity index (χ1n) is 4.25. The van der Waals surface area contributed by atoms with Crippen LogP contribution in [0.1, 0.15) is 46.0 Å². The molecule has 0 aliphatic carbocycles. The highest BCUT2D eigenvalue weighted by Crippen LogP contribution is 2.01. The van der Waals surface area contributed by atoms with Crippen LogP contribution < -0.4 is 5.73 Å². The van der Waals surface area contributed by atoms with Crippen LogP contribution in [-0.4, -0.2) is 0 Å². The van der Waals surface area contributed by atoms with Crippen molar-refractivity contribution < 1.29 is 0 Å². The van der Waals surface area contributed by atoms with Crippen LogP contribution >= 0.6 is 0 Å². The van der Waals surface area contributed by atoms with Gasteiger partial charge in [0.05, 0.1) is 0 Å². The Bertz CT molecular complexity index is 94.9. The molecule has 1 heteroatoms. The van der Waals surface area contributed by atoms with Crippen molar-refractivity contribution in [1.82, 2.24) is 0 Å². The molecule has 0 rings (SSSR count). The second-order valence-corrected chi connectivity index (χ2v) is 2.63. The summed E-state index contributed by atoms with van der Waals surface area (Å²) in [5.41, 5.74) is 6.65. The van der Waals surface area contributed by atoms with Crippen LogP contribution in [0.25, 0.3) is 0 Å². The van der Waals surface area contributed by atoms with Crippen molar-refractivity contribution in [2.45, 2.75) is 46.0 Å². The van der Waals surface area contributed by atoms with Crippen LogP contribution in [0.3, 0.4) is 0 Å². The summed E-state index contributed by atoms with van der Waals surface area (Å²) < 4.78 is 0. The van der Waals surface area contributed by atoms with E-state index in [4.69, 9.17) is 5.73 Å². The maximum atomic E-state index is 5.62. The van der Waals surface area contributed by atoms with Crippen molar-refractivity contribution >= 4 is 0 Å². The van der Waals surface area contributed by atoms with E-state index in [-0.39, 0.29) is 0 Å². The van der Waals surface area contributed by atoms with Crippen LogP contribution in [-0.2, 0) is 0 Å². The molecule has 2 N–H and O–H groups in total. The van der Waals surface area contributed by atoms with Gasteiger partial charge in [-0.15, -0.1) is 0 Å². The Kier molecular flexibility index (Phi) is 6.35. The summed E-state index contributed by atoms with van der Waals surface area (Å²) in [5, 5.41) is 0. The minimum absolute atomic E-state index is 0.992. The Hall–Kier alpha value is -0.460. The highest BCUT2D eigenvalue weighted by molar-refractivity contribution is 4.94. The van der Waals surface area contributed by atoms with Gasteiger partial charge in [-0.05, 0) is 19.3 Å². The van der Waals surface area contributed by atoms with Gasteiger partial charge in [0.2, 0.25) is 0 Å². The Morgan fingerprint density at radius 3 is 2.50 bits per heavy atom. The lowest BCUT2D eigenvalue weighted by atomic mass is 10.2. The van der Waals surface area contributed by atoms with Gasteiger partial charge < -0.3 is 5.73 Å². The van der Waals surface area contributed by atoms with Gasteiger partial charge in [0.25, 0.3) is 0 Å². The van der Waals surface area contributed by atoms with Gasteiger partial charge in [-0.3, -0.25) is 0 Å². The van der Waals surface area contributed by atoms with Crippen LogP contribution in [0.2, 0.25) is 0 Å². The number of unbranched alkanes of at least 4 members (excludes halogenated alkanes) is 3. The maximum absolute atomic E-state index is 5.62. The fraction of sp³-hybridized carbons (Fsp3) is 0.778. The van der Waals surface area contributed by atoms with Crippen LogP contribution in [0.4, 0.5) is 0 Å². The van der Waals surface area contributed by atoms with E-state index in [1.165, 1.54) is 19.3 Å².